The molecular weight excluding hydrogens is 204 g/mol. The number of nitrogens with one attached hydrogen (secondary N) is 2. The molecule has 3 N–H and O–H groups in total. The van der Waals surface area contributed by atoms with Crippen LogP contribution in [0, 0.1) is 11.3 Å². The molecule has 1 saturated heterocycles. The normalized spacial score (nSPS) is 26.1. The van der Waals surface area contributed by atoms with Crippen LogP contribution >= 0.6 is 0 Å². The van der Waals surface area contributed by atoms with Gasteiger partial charge in [0.2, 0.25) is 5.91 Å². The van der Waals surface area contributed by atoms with Crippen molar-refractivity contribution >= 4 is 5.91 Å². The molecule has 2 unspecified atom stereocenters. The lowest BCUT2D eigenvalue weighted by Gasteiger charge is -2.38. The average Bonchev–Trinajstić information content (AvgIpc) is 2.24. The number of carbonyl (C=O) groups is 1. The highest BCUT2D eigenvalue weighted by molar-refractivity contribution is 5.82. The molecule has 0 aromatic rings. The van der Waals surface area contributed by atoms with Crippen molar-refractivity contribution in [3.05, 3.63) is 0 Å². The van der Waals surface area contributed by atoms with E-state index in [2.05, 4.69) is 24.5 Å². The molecule has 0 spiro atoms. The maximum atomic E-state index is 12.0. The van der Waals surface area contributed by atoms with Crippen molar-refractivity contribution < 1.29 is 9.90 Å². The molecule has 1 aliphatic heterocycles. The van der Waals surface area contributed by atoms with Crippen LogP contribution in [-0.4, -0.2) is 36.8 Å². The van der Waals surface area contributed by atoms with E-state index in [4.69, 9.17) is 5.11 Å². The van der Waals surface area contributed by atoms with E-state index in [1.54, 1.807) is 0 Å². The zero-order valence-electron chi connectivity index (χ0n) is 10.5. The number of piperidine rings is 1. The highest BCUT2D eigenvalue weighted by Gasteiger charge is 2.36. The minimum absolute atomic E-state index is 0.0186. The molecule has 1 heterocycles. The third-order valence-corrected chi connectivity index (χ3v) is 3.33. The van der Waals surface area contributed by atoms with Crippen LogP contribution in [0.1, 0.15) is 33.6 Å². The van der Waals surface area contributed by atoms with E-state index < -0.39 is 0 Å². The van der Waals surface area contributed by atoms with Gasteiger partial charge in [-0.2, -0.15) is 0 Å². The lowest BCUT2D eigenvalue weighted by atomic mass is 9.77. The zero-order valence-corrected chi connectivity index (χ0v) is 10.5. The summed E-state index contributed by atoms with van der Waals surface area (Å²) in [4.78, 5) is 12.0. The number of hydrogen-bond acceptors (Lipinski definition) is 3. The van der Waals surface area contributed by atoms with Gasteiger partial charge in [-0.15, -0.1) is 0 Å². The summed E-state index contributed by atoms with van der Waals surface area (Å²) in [5, 5.41) is 15.1. The van der Waals surface area contributed by atoms with Gasteiger partial charge >= 0.3 is 0 Å². The molecule has 1 amide bonds. The quantitative estimate of drug-likeness (QED) is 0.657. The largest absolute Gasteiger partial charge is 0.396 e. The lowest BCUT2D eigenvalue weighted by Crippen LogP contribution is -2.56. The Labute approximate surface area is 97.8 Å². The molecule has 0 saturated carbocycles. The topological polar surface area (TPSA) is 61.4 Å². The first-order valence-corrected chi connectivity index (χ1v) is 6.09. The molecule has 16 heavy (non-hydrogen) atoms. The summed E-state index contributed by atoms with van der Waals surface area (Å²) in [6.45, 7) is 7.74. The van der Waals surface area contributed by atoms with E-state index in [1.807, 2.05) is 6.92 Å². The Kier molecular flexibility index (Phi) is 4.74. The Morgan fingerprint density at radius 1 is 1.62 bits per heavy atom. The summed E-state index contributed by atoms with van der Waals surface area (Å²) >= 11 is 0. The first-order chi connectivity index (χ1) is 7.47. The zero-order chi connectivity index (χ0) is 12.2. The Hall–Kier alpha value is -0.610. The monoisotopic (exact) mass is 228 g/mol. The van der Waals surface area contributed by atoms with Crippen molar-refractivity contribution in [3.8, 4) is 0 Å². The Morgan fingerprint density at radius 2 is 2.31 bits per heavy atom. The smallest absolute Gasteiger partial charge is 0.237 e. The van der Waals surface area contributed by atoms with Gasteiger partial charge in [0.15, 0.2) is 0 Å². The first kappa shape index (κ1) is 13.5. The van der Waals surface area contributed by atoms with Gasteiger partial charge in [0.1, 0.15) is 0 Å². The van der Waals surface area contributed by atoms with E-state index in [0.29, 0.717) is 6.54 Å². The van der Waals surface area contributed by atoms with E-state index in [-0.39, 0.29) is 29.9 Å². The number of hydrogen-bond donors (Lipinski definition) is 3. The van der Waals surface area contributed by atoms with Crippen molar-refractivity contribution in [3.63, 3.8) is 0 Å². The molecule has 0 radical (unpaired) electrons. The van der Waals surface area contributed by atoms with Crippen LogP contribution in [0.4, 0.5) is 0 Å². The van der Waals surface area contributed by atoms with E-state index >= 15 is 0 Å². The van der Waals surface area contributed by atoms with Gasteiger partial charge in [0.25, 0.3) is 0 Å². The van der Waals surface area contributed by atoms with Gasteiger partial charge in [-0.25, -0.2) is 0 Å². The fourth-order valence-electron chi connectivity index (χ4n) is 2.10. The fraction of sp³-hybridized carbons (Fsp3) is 0.917. The van der Waals surface area contributed by atoms with Crippen molar-refractivity contribution in [1.82, 2.24) is 10.6 Å². The second kappa shape index (κ2) is 5.64. The molecule has 0 aliphatic carbocycles. The fourth-order valence-corrected chi connectivity index (χ4v) is 2.10. The lowest BCUT2D eigenvalue weighted by molar-refractivity contribution is -0.127. The first-order valence-electron chi connectivity index (χ1n) is 6.09. The van der Waals surface area contributed by atoms with Crippen LogP contribution in [0.5, 0.6) is 0 Å². The third kappa shape index (κ3) is 3.46. The summed E-state index contributed by atoms with van der Waals surface area (Å²) in [6, 6.07) is -0.104. The second-order valence-electron chi connectivity index (χ2n) is 5.51. The predicted octanol–water partition coefficient (Wildman–Crippen LogP) is 0.509. The molecule has 4 nitrogen and oxygen atoms in total. The maximum Gasteiger partial charge on any atom is 0.237 e. The van der Waals surface area contributed by atoms with Gasteiger partial charge in [-0.3, -0.25) is 4.79 Å². The van der Waals surface area contributed by atoms with Crippen molar-refractivity contribution in [1.29, 1.82) is 0 Å². The van der Waals surface area contributed by atoms with Crippen molar-refractivity contribution in [2.24, 2.45) is 11.3 Å². The van der Waals surface area contributed by atoms with Crippen molar-refractivity contribution in [2.45, 2.75) is 39.7 Å². The number of amides is 1. The van der Waals surface area contributed by atoms with Gasteiger partial charge in [0, 0.05) is 13.2 Å². The minimum Gasteiger partial charge on any atom is -0.396 e. The van der Waals surface area contributed by atoms with E-state index in [0.717, 1.165) is 19.4 Å². The number of rotatable bonds is 4. The van der Waals surface area contributed by atoms with Crippen LogP contribution in [0.15, 0.2) is 0 Å². The van der Waals surface area contributed by atoms with Crippen LogP contribution in [0.25, 0.3) is 0 Å². The SMILES string of the molecule is CC(CO)CNC(=O)C1NCCCC1(C)C. The molecule has 1 aliphatic rings. The van der Waals surface area contributed by atoms with Crippen LogP contribution < -0.4 is 10.6 Å². The summed E-state index contributed by atoms with van der Waals surface area (Å²) in [6.07, 6.45) is 2.21. The van der Waals surface area contributed by atoms with Crippen LogP contribution in [0.2, 0.25) is 0 Å². The van der Waals surface area contributed by atoms with Crippen LogP contribution in [0.3, 0.4) is 0 Å². The summed E-state index contributed by atoms with van der Waals surface area (Å²) < 4.78 is 0. The molecule has 0 aromatic heterocycles. The molecule has 2 atom stereocenters. The van der Waals surface area contributed by atoms with Gasteiger partial charge in [0.05, 0.1) is 6.04 Å². The van der Waals surface area contributed by atoms with Gasteiger partial charge in [-0.1, -0.05) is 20.8 Å². The number of carbonyl (C=O) groups excluding carboxylic acids is 1. The predicted molar refractivity (Wildman–Crippen MR) is 64.1 cm³/mol. The second-order valence-corrected chi connectivity index (χ2v) is 5.51. The Bertz CT molecular complexity index is 241. The minimum atomic E-state index is -0.104. The molecular formula is C12H24N2O2. The molecule has 4 heteroatoms. The molecule has 1 rings (SSSR count). The van der Waals surface area contributed by atoms with Crippen molar-refractivity contribution in [2.75, 3.05) is 19.7 Å². The average molecular weight is 228 g/mol. The molecule has 0 aromatic carbocycles. The maximum absolute atomic E-state index is 12.0. The Morgan fingerprint density at radius 3 is 2.88 bits per heavy atom. The summed E-state index contributed by atoms with van der Waals surface area (Å²) in [5.74, 6) is 0.181. The third-order valence-electron chi connectivity index (χ3n) is 3.33. The van der Waals surface area contributed by atoms with E-state index in [9.17, 15) is 4.79 Å². The molecule has 0 bridgehead atoms. The van der Waals surface area contributed by atoms with Gasteiger partial charge < -0.3 is 15.7 Å². The van der Waals surface area contributed by atoms with E-state index in [1.165, 1.54) is 0 Å². The highest BCUT2D eigenvalue weighted by atomic mass is 16.3. The molecule has 94 valence electrons. The molecule has 1 fully saturated rings. The summed E-state index contributed by atoms with van der Waals surface area (Å²) in [5.41, 5.74) is 0.0186. The summed E-state index contributed by atoms with van der Waals surface area (Å²) in [7, 11) is 0. The van der Waals surface area contributed by atoms with Crippen LogP contribution in [-0.2, 0) is 4.79 Å². The number of aliphatic hydroxyl groups excluding tert-OH is 1. The standard InChI is InChI=1S/C12H24N2O2/c1-9(8-15)7-14-11(16)10-12(2,3)5-4-6-13-10/h9-10,13,15H,4-8H2,1-3H3,(H,14,16). The van der Waals surface area contributed by atoms with Gasteiger partial charge in [-0.05, 0) is 30.7 Å². The highest BCUT2D eigenvalue weighted by Crippen LogP contribution is 2.29. The Balaban J connectivity index is 2.46. The number of aliphatic hydroxyl groups is 1.